The molecule has 2 atom stereocenters. The van der Waals surface area contributed by atoms with Gasteiger partial charge in [-0.3, -0.25) is 4.79 Å². The van der Waals surface area contributed by atoms with Crippen LogP contribution in [-0.4, -0.2) is 25.7 Å². The van der Waals surface area contributed by atoms with Crippen LogP contribution >= 0.6 is 0 Å². The standard InChI is InChI=1S/C16H21NO3S/c1-21(19,20)15-4-2-3-13(11-15)16(18)10-7-12-5-8-14(17)9-6-12/h5-10,13,15H,2-4,11,17H2,1H3/b10-7+. The van der Waals surface area contributed by atoms with Gasteiger partial charge in [-0.15, -0.1) is 0 Å². The fraction of sp³-hybridized carbons (Fsp3) is 0.438. The van der Waals surface area contributed by atoms with E-state index in [2.05, 4.69) is 0 Å². The summed E-state index contributed by atoms with van der Waals surface area (Å²) in [6, 6.07) is 7.26. The molecule has 0 amide bonds. The molecule has 1 aliphatic rings. The number of benzene rings is 1. The van der Waals surface area contributed by atoms with Gasteiger partial charge in [0.2, 0.25) is 0 Å². The van der Waals surface area contributed by atoms with Gasteiger partial charge in [-0.2, -0.15) is 0 Å². The molecule has 1 aliphatic carbocycles. The minimum Gasteiger partial charge on any atom is -0.399 e. The molecule has 0 heterocycles. The minimum atomic E-state index is -3.05. The molecule has 1 fully saturated rings. The second kappa shape index (κ2) is 6.43. The Morgan fingerprint density at radius 3 is 2.52 bits per heavy atom. The molecule has 1 saturated carbocycles. The molecule has 0 aromatic heterocycles. The highest BCUT2D eigenvalue weighted by atomic mass is 32.2. The van der Waals surface area contributed by atoms with Crippen LogP contribution in [0.4, 0.5) is 5.69 Å². The molecule has 4 nitrogen and oxygen atoms in total. The zero-order valence-corrected chi connectivity index (χ0v) is 13.0. The number of carbonyl (C=O) groups is 1. The third-order valence-electron chi connectivity index (χ3n) is 4.01. The number of hydrogen-bond donors (Lipinski definition) is 1. The van der Waals surface area contributed by atoms with E-state index in [1.54, 1.807) is 24.3 Å². The maximum Gasteiger partial charge on any atom is 0.158 e. The minimum absolute atomic E-state index is 0.0141. The van der Waals surface area contributed by atoms with Gasteiger partial charge in [0.05, 0.1) is 5.25 Å². The third kappa shape index (κ3) is 4.43. The Hall–Kier alpha value is -1.62. The van der Waals surface area contributed by atoms with Crippen molar-refractivity contribution in [3.05, 3.63) is 35.9 Å². The van der Waals surface area contributed by atoms with Crippen molar-refractivity contribution in [3.8, 4) is 0 Å². The van der Waals surface area contributed by atoms with Crippen LogP contribution in [0.2, 0.25) is 0 Å². The largest absolute Gasteiger partial charge is 0.399 e. The van der Waals surface area contributed by atoms with Crippen LogP contribution in [-0.2, 0) is 14.6 Å². The molecule has 21 heavy (non-hydrogen) atoms. The molecular formula is C16H21NO3S. The monoisotopic (exact) mass is 307 g/mol. The molecule has 2 rings (SSSR count). The molecule has 2 N–H and O–H groups in total. The normalized spacial score (nSPS) is 23.3. The zero-order chi connectivity index (χ0) is 15.5. The Morgan fingerprint density at radius 1 is 1.24 bits per heavy atom. The van der Waals surface area contributed by atoms with Crippen LogP contribution < -0.4 is 5.73 Å². The molecule has 0 spiro atoms. The van der Waals surface area contributed by atoms with Crippen molar-refractivity contribution in [1.82, 2.24) is 0 Å². The summed E-state index contributed by atoms with van der Waals surface area (Å²) in [5.74, 6) is -0.163. The summed E-state index contributed by atoms with van der Waals surface area (Å²) in [5, 5.41) is -0.370. The fourth-order valence-corrected chi connectivity index (χ4v) is 3.89. The average molecular weight is 307 g/mol. The Bertz CT molecular complexity index is 632. The van der Waals surface area contributed by atoms with E-state index in [0.717, 1.165) is 18.4 Å². The number of ketones is 1. The number of rotatable bonds is 4. The number of anilines is 1. The van der Waals surface area contributed by atoms with Crippen molar-refractivity contribution in [2.45, 2.75) is 30.9 Å². The first-order valence-electron chi connectivity index (χ1n) is 7.12. The van der Waals surface area contributed by atoms with E-state index in [9.17, 15) is 13.2 Å². The van der Waals surface area contributed by atoms with Gasteiger partial charge in [-0.1, -0.05) is 24.6 Å². The lowest BCUT2D eigenvalue weighted by molar-refractivity contribution is -0.118. The number of sulfone groups is 1. The predicted molar refractivity (Wildman–Crippen MR) is 85.5 cm³/mol. The van der Waals surface area contributed by atoms with Crippen molar-refractivity contribution >= 4 is 27.4 Å². The second-order valence-electron chi connectivity index (χ2n) is 5.72. The first-order chi connectivity index (χ1) is 9.86. The van der Waals surface area contributed by atoms with E-state index in [1.807, 2.05) is 12.1 Å². The first-order valence-corrected chi connectivity index (χ1v) is 9.08. The van der Waals surface area contributed by atoms with Gasteiger partial charge in [0.1, 0.15) is 9.84 Å². The zero-order valence-electron chi connectivity index (χ0n) is 12.2. The Labute approximate surface area is 126 Å². The molecule has 114 valence electrons. The summed E-state index contributed by atoms with van der Waals surface area (Å²) in [6.45, 7) is 0. The highest BCUT2D eigenvalue weighted by Crippen LogP contribution is 2.29. The van der Waals surface area contributed by atoms with Crippen LogP contribution in [0.25, 0.3) is 6.08 Å². The third-order valence-corrected chi connectivity index (χ3v) is 5.65. The number of hydrogen-bond acceptors (Lipinski definition) is 4. The van der Waals surface area contributed by atoms with Crippen LogP contribution in [0.15, 0.2) is 30.3 Å². The highest BCUT2D eigenvalue weighted by Gasteiger charge is 2.31. The quantitative estimate of drug-likeness (QED) is 0.684. The molecule has 0 radical (unpaired) electrons. The number of carbonyl (C=O) groups excluding carboxylic acids is 1. The van der Waals surface area contributed by atoms with Crippen molar-refractivity contribution in [3.63, 3.8) is 0 Å². The lowest BCUT2D eigenvalue weighted by atomic mass is 9.85. The van der Waals surface area contributed by atoms with E-state index in [-0.39, 0.29) is 17.0 Å². The molecule has 0 saturated heterocycles. The van der Waals surface area contributed by atoms with Gasteiger partial charge < -0.3 is 5.73 Å². The molecule has 2 unspecified atom stereocenters. The summed E-state index contributed by atoms with van der Waals surface area (Å²) < 4.78 is 23.2. The number of allylic oxidation sites excluding steroid dienone is 1. The second-order valence-corrected chi connectivity index (χ2v) is 8.04. The SMILES string of the molecule is CS(=O)(=O)C1CCCC(C(=O)/C=C/c2ccc(N)cc2)C1. The van der Waals surface area contributed by atoms with Gasteiger partial charge >= 0.3 is 0 Å². The van der Waals surface area contributed by atoms with Crippen molar-refractivity contribution in [2.24, 2.45) is 5.92 Å². The van der Waals surface area contributed by atoms with Crippen LogP contribution in [0.5, 0.6) is 0 Å². The maximum absolute atomic E-state index is 12.2. The summed E-state index contributed by atoms with van der Waals surface area (Å²) in [7, 11) is -3.05. The lowest BCUT2D eigenvalue weighted by Crippen LogP contribution is -2.30. The smallest absolute Gasteiger partial charge is 0.158 e. The van der Waals surface area contributed by atoms with Crippen molar-refractivity contribution < 1.29 is 13.2 Å². The molecular weight excluding hydrogens is 286 g/mol. The van der Waals surface area contributed by atoms with E-state index < -0.39 is 9.84 Å². The maximum atomic E-state index is 12.2. The predicted octanol–water partition coefficient (Wildman–Crippen LogP) is 2.45. The first kappa shape index (κ1) is 15.8. The van der Waals surface area contributed by atoms with Gasteiger partial charge in [0, 0.05) is 17.9 Å². The van der Waals surface area contributed by atoms with E-state index in [0.29, 0.717) is 18.5 Å². The van der Waals surface area contributed by atoms with Gasteiger partial charge in [-0.25, -0.2) is 8.42 Å². The van der Waals surface area contributed by atoms with Crippen molar-refractivity contribution in [2.75, 3.05) is 12.0 Å². The summed E-state index contributed by atoms with van der Waals surface area (Å²) in [5.41, 5.74) is 7.20. The molecule has 0 aliphatic heterocycles. The fourth-order valence-electron chi connectivity index (χ4n) is 2.71. The van der Waals surface area contributed by atoms with Crippen LogP contribution in [0, 0.1) is 5.92 Å². The molecule has 1 aromatic carbocycles. The van der Waals surface area contributed by atoms with Crippen LogP contribution in [0.1, 0.15) is 31.2 Å². The lowest BCUT2D eigenvalue weighted by Gasteiger charge is -2.26. The topological polar surface area (TPSA) is 77.2 Å². The van der Waals surface area contributed by atoms with E-state index in [4.69, 9.17) is 5.73 Å². The summed E-state index contributed by atoms with van der Waals surface area (Å²) in [6.07, 6.45) is 7.26. The molecule has 0 bridgehead atoms. The van der Waals surface area contributed by atoms with Gasteiger partial charge in [-0.05, 0) is 43.0 Å². The van der Waals surface area contributed by atoms with Gasteiger partial charge in [0.15, 0.2) is 5.78 Å². The molecule has 5 heteroatoms. The average Bonchev–Trinajstić information content (AvgIpc) is 2.45. The Balaban J connectivity index is 2.01. The molecule has 1 aromatic rings. The number of nitrogens with two attached hydrogens (primary N) is 1. The Morgan fingerprint density at radius 2 is 1.90 bits per heavy atom. The summed E-state index contributed by atoms with van der Waals surface area (Å²) >= 11 is 0. The van der Waals surface area contributed by atoms with Crippen LogP contribution in [0.3, 0.4) is 0 Å². The highest BCUT2D eigenvalue weighted by molar-refractivity contribution is 7.91. The van der Waals surface area contributed by atoms with Gasteiger partial charge in [0.25, 0.3) is 0 Å². The van der Waals surface area contributed by atoms with Crippen molar-refractivity contribution in [1.29, 1.82) is 0 Å². The van der Waals surface area contributed by atoms with E-state index >= 15 is 0 Å². The summed E-state index contributed by atoms with van der Waals surface area (Å²) in [4.78, 5) is 12.2. The Kier molecular flexibility index (Phi) is 4.83. The van der Waals surface area contributed by atoms with E-state index in [1.165, 1.54) is 6.26 Å². The number of nitrogen functional groups attached to an aromatic ring is 1.